The highest BCUT2D eigenvalue weighted by Crippen LogP contribution is 2.15. The van der Waals surface area contributed by atoms with Crippen LogP contribution in [0.25, 0.3) is 0 Å². The summed E-state index contributed by atoms with van der Waals surface area (Å²) in [5.41, 5.74) is 0.991. The minimum Gasteiger partial charge on any atom is -0.304 e. The van der Waals surface area contributed by atoms with Crippen molar-refractivity contribution < 1.29 is 0 Å². The van der Waals surface area contributed by atoms with Gasteiger partial charge in [-0.1, -0.05) is 23.7 Å². The predicted octanol–water partition coefficient (Wildman–Crippen LogP) is 3.36. The minimum atomic E-state index is -0.283. The van der Waals surface area contributed by atoms with Crippen LogP contribution in [0.1, 0.15) is 19.4 Å². The van der Waals surface area contributed by atoms with E-state index in [1.807, 2.05) is 38.1 Å². The molecular formula is C14H19ClN2. The average Bonchev–Trinajstić information content (AvgIpc) is 2.28. The largest absolute Gasteiger partial charge is 0.304 e. The number of hydrogen-bond acceptors (Lipinski definition) is 2. The van der Waals surface area contributed by atoms with Crippen molar-refractivity contribution in [2.75, 3.05) is 20.1 Å². The Morgan fingerprint density at radius 2 is 1.88 bits per heavy atom. The van der Waals surface area contributed by atoms with E-state index in [9.17, 15) is 0 Å². The summed E-state index contributed by atoms with van der Waals surface area (Å²) >= 11 is 5.83. The first-order chi connectivity index (χ1) is 7.93. The Labute approximate surface area is 109 Å². The van der Waals surface area contributed by atoms with E-state index < -0.39 is 0 Å². The highest BCUT2D eigenvalue weighted by atomic mass is 35.5. The van der Waals surface area contributed by atoms with E-state index in [0.29, 0.717) is 0 Å². The summed E-state index contributed by atoms with van der Waals surface area (Å²) in [5.74, 6) is 0. The van der Waals surface area contributed by atoms with Crippen LogP contribution in [0.15, 0.2) is 24.3 Å². The smallest absolute Gasteiger partial charge is 0.0697 e. The summed E-state index contributed by atoms with van der Waals surface area (Å²) < 4.78 is 0. The zero-order chi connectivity index (χ0) is 12.9. The van der Waals surface area contributed by atoms with Gasteiger partial charge in [0.1, 0.15) is 0 Å². The Bertz CT molecular complexity index is 390. The predicted molar refractivity (Wildman–Crippen MR) is 72.0 cm³/mol. The van der Waals surface area contributed by atoms with E-state index in [-0.39, 0.29) is 5.41 Å². The SMILES string of the molecule is CN(CCc1ccc(Cl)cc1)CC(C)(C)C#N. The topological polar surface area (TPSA) is 27.0 Å². The molecule has 1 aromatic carbocycles. The quantitative estimate of drug-likeness (QED) is 0.801. The first-order valence-electron chi connectivity index (χ1n) is 5.77. The molecule has 0 heterocycles. The minimum absolute atomic E-state index is 0.283. The molecule has 2 nitrogen and oxygen atoms in total. The monoisotopic (exact) mass is 250 g/mol. The van der Waals surface area contributed by atoms with Crippen LogP contribution in [-0.2, 0) is 6.42 Å². The lowest BCUT2D eigenvalue weighted by molar-refractivity contribution is 0.258. The maximum atomic E-state index is 8.97. The Morgan fingerprint density at radius 3 is 2.41 bits per heavy atom. The second-order valence-electron chi connectivity index (χ2n) is 5.11. The molecular weight excluding hydrogens is 232 g/mol. The van der Waals surface area contributed by atoms with E-state index in [1.54, 1.807) is 0 Å². The second kappa shape index (κ2) is 6.05. The van der Waals surface area contributed by atoms with E-state index in [0.717, 1.165) is 24.5 Å². The molecule has 0 atom stereocenters. The fourth-order valence-corrected chi connectivity index (χ4v) is 1.89. The van der Waals surface area contributed by atoms with Crippen molar-refractivity contribution in [1.82, 2.24) is 4.90 Å². The van der Waals surface area contributed by atoms with Gasteiger partial charge < -0.3 is 4.90 Å². The van der Waals surface area contributed by atoms with Crippen molar-refractivity contribution in [3.05, 3.63) is 34.9 Å². The van der Waals surface area contributed by atoms with E-state index in [2.05, 4.69) is 18.0 Å². The van der Waals surface area contributed by atoms with Crippen LogP contribution >= 0.6 is 11.6 Å². The molecule has 0 aliphatic heterocycles. The number of rotatable bonds is 5. The lowest BCUT2D eigenvalue weighted by Crippen LogP contribution is -2.31. The lowest BCUT2D eigenvalue weighted by Gasteiger charge is -2.24. The normalized spacial score (nSPS) is 11.5. The van der Waals surface area contributed by atoms with Crippen LogP contribution < -0.4 is 0 Å². The molecule has 0 N–H and O–H groups in total. The molecule has 0 aromatic heterocycles. The highest BCUT2D eigenvalue weighted by molar-refractivity contribution is 6.30. The molecule has 0 spiro atoms. The van der Waals surface area contributed by atoms with Gasteiger partial charge in [-0.2, -0.15) is 5.26 Å². The van der Waals surface area contributed by atoms with Crippen LogP contribution in [0, 0.1) is 16.7 Å². The molecule has 0 saturated heterocycles. The van der Waals surface area contributed by atoms with Gasteiger partial charge in [-0.25, -0.2) is 0 Å². The van der Waals surface area contributed by atoms with E-state index in [4.69, 9.17) is 16.9 Å². The van der Waals surface area contributed by atoms with Crippen LogP contribution in [-0.4, -0.2) is 25.0 Å². The fraction of sp³-hybridized carbons (Fsp3) is 0.500. The second-order valence-corrected chi connectivity index (χ2v) is 5.55. The number of hydrogen-bond donors (Lipinski definition) is 0. The van der Waals surface area contributed by atoms with Gasteiger partial charge in [0.05, 0.1) is 11.5 Å². The van der Waals surface area contributed by atoms with Crippen molar-refractivity contribution in [1.29, 1.82) is 5.26 Å². The molecule has 0 aliphatic carbocycles. The molecule has 3 heteroatoms. The first kappa shape index (κ1) is 14.0. The number of nitriles is 1. The van der Waals surface area contributed by atoms with Gasteiger partial charge in [0.25, 0.3) is 0 Å². The van der Waals surface area contributed by atoms with Crippen molar-refractivity contribution in [2.24, 2.45) is 5.41 Å². The van der Waals surface area contributed by atoms with Gasteiger partial charge in [0.15, 0.2) is 0 Å². The highest BCUT2D eigenvalue weighted by Gasteiger charge is 2.18. The molecule has 0 fully saturated rings. The third-order valence-electron chi connectivity index (χ3n) is 2.66. The summed E-state index contributed by atoms with van der Waals surface area (Å²) in [7, 11) is 2.05. The molecule has 0 radical (unpaired) electrons. The Hall–Kier alpha value is -1.04. The van der Waals surface area contributed by atoms with Crippen LogP contribution in [0.5, 0.6) is 0 Å². The van der Waals surface area contributed by atoms with Crippen LogP contribution in [0.4, 0.5) is 0 Å². The lowest BCUT2D eigenvalue weighted by atomic mass is 9.95. The van der Waals surface area contributed by atoms with Crippen LogP contribution in [0.2, 0.25) is 5.02 Å². The molecule has 1 aromatic rings. The molecule has 1 rings (SSSR count). The number of benzene rings is 1. The third kappa shape index (κ3) is 5.21. The molecule has 0 amide bonds. The van der Waals surface area contributed by atoms with Gasteiger partial charge in [0.2, 0.25) is 0 Å². The Balaban J connectivity index is 2.41. The number of nitrogens with zero attached hydrogens (tertiary/aromatic N) is 2. The van der Waals surface area contributed by atoms with Crippen molar-refractivity contribution in [3.8, 4) is 6.07 Å². The Morgan fingerprint density at radius 1 is 1.29 bits per heavy atom. The zero-order valence-corrected chi connectivity index (χ0v) is 11.5. The Kier molecular flexibility index (Phi) is 4.99. The summed E-state index contributed by atoms with van der Waals surface area (Å²) in [6.07, 6.45) is 0.981. The number of halogens is 1. The summed E-state index contributed by atoms with van der Waals surface area (Å²) in [4.78, 5) is 2.19. The fourth-order valence-electron chi connectivity index (χ4n) is 1.76. The maximum absolute atomic E-state index is 8.97. The van der Waals surface area contributed by atoms with Gasteiger partial charge in [-0.15, -0.1) is 0 Å². The summed E-state index contributed by atoms with van der Waals surface area (Å²) in [6.45, 7) is 5.67. The molecule has 0 unspecified atom stereocenters. The van der Waals surface area contributed by atoms with Gasteiger partial charge in [-0.05, 0) is 45.0 Å². The first-order valence-corrected chi connectivity index (χ1v) is 6.15. The summed E-state index contributed by atoms with van der Waals surface area (Å²) in [6, 6.07) is 10.2. The molecule has 0 bridgehead atoms. The molecule has 0 saturated carbocycles. The standard InChI is InChI=1S/C14H19ClN2/c1-14(2,10-16)11-17(3)9-8-12-4-6-13(15)7-5-12/h4-7H,8-9,11H2,1-3H3. The molecule has 92 valence electrons. The van der Waals surface area contributed by atoms with Gasteiger partial charge >= 0.3 is 0 Å². The van der Waals surface area contributed by atoms with Crippen molar-refractivity contribution >= 4 is 11.6 Å². The summed E-state index contributed by atoms with van der Waals surface area (Å²) in [5, 5.41) is 9.74. The van der Waals surface area contributed by atoms with Crippen molar-refractivity contribution in [3.63, 3.8) is 0 Å². The van der Waals surface area contributed by atoms with Crippen LogP contribution in [0.3, 0.4) is 0 Å². The zero-order valence-electron chi connectivity index (χ0n) is 10.7. The molecule has 0 aliphatic rings. The van der Waals surface area contributed by atoms with E-state index in [1.165, 1.54) is 5.56 Å². The average molecular weight is 251 g/mol. The van der Waals surface area contributed by atoms with Crippen molar-refractivity contribution in [2.45, 2.75) is 20.3 Å². The maximum Gasteiger partial charge on any atom is 0.0697 e. The number of likely N-dealkylation sites (N-methyl/N-ethyl adjacent to an activating group) is 1. The molecule has 17 heavy (non-hydrogen) atoms. The van der Waals surface area contributed by atoms with E-state index >= 15 is 0 Å². The van der Waals surface area contributed by atoms with Gasteiger partial charge in [-0.3, -0.25) is 0 Å². The van der Waals surface area contributed by atoms with Gasteiger partial charge in [0, 0.05) is 18.1 Å². The third-order valence-corrected chi connectivity index (χ3v) is 2.92.